The molecule has 5 aromatic carbocycles. The number of rotatable bonds is 10. The molecule has 1 N–H and O–H groups in total. The number of anilines is 1. The van der Waals surface area contributed by atoms with E-state index in [2.05, 4.69) is 35.0 Å². The van der Waals surface area contributed by atoms with Gasteiger partial charge in [-0.3, -0.25) is 4.90 Å². The minimum Gasteiger partial charge on any atom is -0.489 e. The van der Waals surface area contributed by atoms with E-state index in [1.165, 1.54) is 0 Å². The van der Waals surface area contributed by atoms with Crippen LogP contribution in [0.2, 0.25) is 0 Å². The van der Waals surface area contributed by atoms with Gasteiger partial charge < -0.3 is 29.1 Å². The molecular weight excluding hydrogens is 705 g/mol. The Labute approximate surface area is 325 Å². The highest BCUT2D eigenvalue weighted by molar-refractivity contribution is 6.03. The number of piperazine rings is 1. The van der Waals surface area contributed by atoms with Gasteiger partial charge in [0.2, 0.25) is 0 Å². The van der Waals surface area contributed by atoms with Gasteiger partial charge in [0.15, 0.2) is 0 Å². The second-order valence-electron chi connectivity index (χ2n) is 14.9. The van der Waals surface area contributed by atoms with E-state index in [-0.39, 0.29) is 24.1 Å². The molecule has 0 radical (unpaired) electrons. The number of nitriles is 1. The number of nitrogens with zero attached hydrogens (tertiary/aromatic N) is 6. The SMILES string of the molecule is CN1CCC[C@H]1COc1nc(N2C[C@H]3CC[C@@H](C2)N3C(=O)O)c2cc(Oc3ccccc3C#N)c(-c3cc(OCc4ccccc4)cc4ccccc34)cc2n1. The van der Waals surface area contributed by atoms with Gasteiger partial charge in [0.1, 0.15) is 42.3 Å². The summed E-state index contributed by atoms with van der Waals surface area (Å²) in [7, 11) is 2.12. The number of amides is 1. The van der Waals surface area contributed by atoms with Crippen molar-refractivity contribution in [1.82, 2.24) is 19.8 Å². The van der Waals surface area contributed by atoms with E-state index in [1.807, 2.05) is 78.9 Å². The molecule has 4 heterocycles. The van der Waals surface area contributed by atoms with Crippen LogP contribution in [-0.2, 0) is 6.61 Å². The third-order valence-corrected chi connectivity index (χ3v) is 11.4. The van der Waals surface area contributed by atoms with Crippen LogP contribution in [0.5, 0.6) is 23.3 Å². The van der Waals surface area contributed by atoms with Crippen molar-refractivity contribution in [2.24, 2.45) is 0 Å². The summed E-state index contributed by atoms with van der Waals surface area (Å²) < 4.78 is 19.6. The Morgan fingerprint density at radius 2 is 1.61 bits per heavy atom. The molecular formula is C45H42N6O5. The first-order chi connectivity index (χ1) is 27.4. The van der Waals surface area contributed by atoms with E-state index in [4.69, 9.17) is 24.2 Å². The maximum atomic E-state index is 12.2. The van der Waals surface area contributed by atoms with Gasteiger partial charge >= 0.3 is 12.1 Å². The molecule has 3 saturated heterocycles. The summed E-state index contributed by atoms with van der Waals surface area (Å²) in [5, 5.41) is 22.8. The Morgan fingerprint density at radius 1 is 0.839 bits per heavy atom. The lowest BCUT2D eigenvalue weighted by Crippen LogP contribution is -2.55. The Balaban J connectivity index is 1.21. The van der Waals surface area contributed by atoms with Crippen LogP contribution in [0.15, 0.2) is 103 Å². The third-order valence-electron chi connectivity index (χ3n) is 11.4. The number of ether oxygens (including phenoxy) is 3. The number of benzene rings is 5. The number of likely N-dealkylation sites (tertiary alicyclic amines) is 1. The van der Waals surface area contributed by atoms with Crippen molar-refractivity contribution in [1.29, 1.82) is 5.26 Å². The summed E-state index contributed by atoms with van der Waals surface area (Å²) in [5.41, 5.74) is 3.76. The van der Waals surface area contributed by atoms with Gasteiger partial charge in [-0.05, 0) is 97.6 Å². The number of aromatic nitrogens is 2. The molecule has 6 aromatic rings. The summed E-state index contributed by atoms with van der Waals surface area (Å²) in [6.07, 6.45) is 2.88. The van der Waals surface area contributed by atoms with Gasteiger partial charge in [0, 0.05) is 30.1 Å². The predicted octanol–water partition coefficient (Wildman–Crippen LogP) is 8.50. The van der Waals surface area contributed by atoms with Crippen molar-refractivity contribution in [3.8, 4) is 40.5 Å². The van der Waals surface area contributed by atoms with E-state index in [0.717, 1.165) is 65.1 Å². The van der Waals surface area contributed by atoms with Crippen molar-refractivity contribution in [3.63, 3.8) is 0 Å². The van der Waals surface area contributed by atoms with Crippen LogP contribution in [0.3, 0.4) is 0 Å². The lowest BCUT2D eigenvalue weighted by atomic mass is 9.95. The number of likely N-dealkylation sites (N-methyl/N-ethyl adjacent to an activating group) is 1. The zero-order chi connectivity index (χ0) is 38.2. The molecule has 2 bridgehead atoms. The molecule has 0 saturated carbocycles. The summed E-state index contributed by atoms with van der Waals surface area (Å²) in [5.74, 6) is 2.31. The minimum atomic E-state index is -0.881. The lowest BCUT2D eigenvalue weighted by Gasteiger charge is -2.40. The average molecular weight is 747 g/mol. The third kappa shape index (κ3) is 6.88. The van der Waals surface area contributed by atoms with Gasteiger partial charge in [0.05, 0.1) is 23.2 Å². The maximum Gasteiger partial charge on any atom is 0.407 e. The molecule has 9 rings (SSSR count). The molecule has 56 heavy (non-hydrogen) atoms. The van der Waals surface area contributed by atoms with E-state index in [9.17, 15) is 15.2 Å². The van der Waals surface area contributed by atoms with Crippen molar-refractivity contribution < 1.29 is 24.1 Å². The van der Waals surface area contributed by atoms with E-state index < -0.39 is 6.09 Å². The molecule has 3 aliphatic rings. The minimum absolute atomic E-state index is 0.143. The van der Waals surface area contributed by atoms with E-state index in [0.29, 0.717) is 60.4 Å². The normalized spacial score (nSPS) is 19.3. The molecule has 11 nitrogen and oxygen atoms in total. The number of fused-ring (bicyclic) bond motifs is 4. The molecule has 3 atom stereocenters. The van der Waals surface area contributed by atoms with Gasteiger partial charge in [-0.2, -0.15) is 15.2 Å². The first kappa shape index (κ1) is 35.3. The highest BCUT2D eigenvalue weighted by Gasteiger charge is 2.43. The lowest BCUT2D eigenvalue weighted by molar-refractivity contribution is 0.114. The molecule has 0 unspecified atom stereocenters. The first-order valence-electron chi connectivity index (χ1n) is 19.2. The number of carboxylic acid groups (broad SMARTS) is 1. The van der Waals surface area contributed by atoms with Crippen molar-refractivity contribution in [2.45, 2.75) is 50.4 Å². The summed E-state index contributed by atoms with van der Waals surface area (Å²) in [6.45, 7) is 2.89. The number of para-hydroxylation sites is 1. The molecule has 1 aromatic heterocycles. The van der Waals surface area contributed by atoms with Gasteiger partial charge in [-0.15, -0.1) is 0 Å². The summed E-state index contributed by atoms with van der Waals surface area (Å²) in [4.78, 5) is 28.4. The average Bonchev–Trinajstić information content (AvgIpc) is 3.77. The fourth-order valence-electron chi connectivity index (χ4n) is 8.56. The Hall–Kier alpha value is -6.38. The molecule has 282 valence electrons. The standard InChI is InChI=1S/C45H42N6O5/c1-49-19-9-14-34(49)28-55-44-47-40-22-38(37-21-35(20-30-12-5-7-15-36(30)37)54-27-29-10-3-2-4-11-29)42(56-41-16-8-6-13-31(41)24-46)23-39(40)43(48-44)50-25-32-17-18-33(26-50)51(32)45(52)53/h2-8,10-13,15-16,20-23,32-34H,9,14,17-19,25-28H2,1H3,(H,52,53)/t32-,33+,34-/m0/s1. The fourth-order valence-corrected chi connectivity index (χ4v) is 8.56. The van der Waals surface area contributed by atoms with Crippen LogP contribution in [0.25, 0.3) is 32.8 Å². The highest BCUT2D eigenvalue weighted by Crippen LogP contribution is 2.44. The van der Waals surface area contributed by atoms with Crippen LogP contribution in [0.4, 0.5) is 10.6 Å². The maximum absolute atomic E-state index is 12.2. The quantitative estimate of drug-likeness (QED) is 0.146. The molecule has 3 fully saturated rings. The Bertz CT molecular complexity index is 2460. The van der Waals surface area contributed by atoms with Crippen LogP contribution in [-0.4, -0.2) is 82.4 Å². The zero-order valence-electron chi connectivity index (χ0n) is 31.2. The van der Waals surface area contributed by atoms with Crippen LogP contribution >= 0.6 is 0 Å². The Kier molecular flexibility index (Phi) is 9.49. The smallest absolute Gasteiger partial charge is 0.407 e. The fraction of sp³-hybridized carbons (Fsp3) is 0.289. The van der Waals surface area contributed by atoms with Gasteiger partial charge in [-0.1, -0.05) is 66.7 Å². The molecule has 11 heteroatoms. The molecule has 3 aliphatic heterocycles. The van der Waals surface area contributed by atoms with Crippen molar-refractivity contribution in [3.05, 3.63) is 114 Å². The second-order valence-corrected chi connectivity index (χ2v) is 14.9. The first-order valence-corrected chi connectivity index (χ1v) is 19.2. The topological polar surface area (TPSA) is 124 Å². The Morgan fingerprint density at radius 3 is 2.38 bits per heavy atom. The summed E-state index contributed by atoms with van der Waals surface area (Å²) >= 11 is 0. The largest absolute Gasteiger partial charge is 0.489 e. The molecule has 0 spiro atoms. The van der Waals surface area contributed by atoms with Crippen LogP contribution in [0.1, 0.15) is 36.8 Å². The zero-order valence-corrected chi connectivity index (χ0v) is 31.2. The molecule has 1 amide bonds. The van der Waals surface area contributed by atoms with Crippen LogP contribution in [0, 0.1) is 11.3 Å². The number of hydrogen-bond donors (Lipinski definition) is 1. The number of carbonyl (C=O) groups is 1. The van der Waals surface area contributed by atoms with Crippen LogP contribution < -0.4 is 19.1 Å². The van der Waals surface area contributed by atoms with Gasteiger partial charge in [-0.25, -0.2) is 4.79 Å². The predicted molar refractivity (Wildman–Crippen MR) is 215 cm³/mol. The molecule has 0 aliphatic carbocycles. The highest BCUT2D eigenvalue weighted by atomic mass is 16.5. The number of hydrogen-bond acceptors (Lipinski definition) is 9. The van der Waals surface area contributed by atoms with E-state index >= 15 is 0 Å². The van der Waals surface area contributed by atoms with Crippen molar-refractivity contribution >= 4 is 33.6 Å². The second kappa shape index (κ2) is 15.0. The monoisotopic (exact) mass is 746 g/mol. The van der Waals surface area contributed by atoms with Gasteiger partial charge in [0.25, 0.3) is 0 Å². The van der Waals surface area contributed by atoms with E-state index in [1.54, 1.807) is 17.0 Å². The summed E-state index contributed by atoms with van der Waals surface area (Å²) in [6, 6.07) is 36.0. The van der Waals surface area contributed by atoms with Crippen molar-refractivity contribution in [2.75, 3.05) is 38.2 Å².